The molecule has 0 aliphatic carbocycles. The standard InChI is InChI=1S/C16H21FN4OS/c1-2-3-4-7-22-10-13-8-14(17)6-5-12(13)9-19-21-16-20-15(18)11-23-16/h5-6,8-9,11H,2-4,7,10,18H2,1H3,(H,20,21). The summed E-state index contributed by atoms with van der Waals surface area (Å²) in [4.78, 5) is 4.04. The summed E-state index contributed by atoms with van der Waals surface area (Å²) >= 11 is 1.37. The van der Waals surface area contributed by atoms with Crippen LogP contribution in [-0.4, -0.2) is 17.8 Å². The summed E-state index contributed by atoms with van der Waals surface area (Å²) in [5.74, 6) is 0.172. The summed E-state index contributed by atoms with van der Waals surface area (Å²) < 4.78 is 19.0. The van der Waals surface area contributed by atoms with E-state index in [1.165, 1.54) is 23.5 Å². The van der Waals surface area contributed by atoms with E-state index in [0.717, 1.165) is 30.4 Å². The number of halogens is 1. The zero-order valence-electron chi connectivity index (χ0n) is 13.1. The summed E-state index contributed by atoms with van der Waals surface area (Å²) in [7, 11) is 0. The lowest BCUT2D eigenvalue weighted by atomic mass is 10.1. The van der Waals surface area contributed by atoms with E-state index in [2.05, 4.69) is 22.4 Å². The average Bonchev–Trinajstić information content (AvgIpc) is 2.94. The van der Waals surface area contributed by atoms with Gasteiger partial charge in [-0.25, -0.2) is 9.37 Å². The molecule has 7 heteroatoms. The van der Waals surface area contributed by atoms with Crippen LogP contribution in [0.5, 0.6) is 0 Å². The van der Waals surface area contributed by atoms with Gasteiger partial charge in [-0.05, 0) is 24.1 Å². The van der Waals surface area contributed by atoms with E-state index in [0.29, 0.717) is 24.2 Å². The van der Waals surface area contributed by atoms with E-state index in [9.17, 15) is 4.39 Å². The molecular formula is C16H21FN4OS. The number of hydrazone groups is 1. The molecule has 23 heavy (non-hydrogen) atoms. The van der Waals surface area contributed by atoms with E-state index in [1.54, 1.807) is 17.7 Å². The number of nitrogens with one attached hydrogen (secondary N) is 1. The van der Waals surface area contributed by atoms with Crippen LogP contribution in [0.1, 0.15) is 37.3 Å². The van der Waals surface area contributed by atoms with E-state index in [1.807, 2.05) is 0 Å². The normalized spacial score (nSPS) is 11.2. The van der Waals surface area contributed by atoms with Gasteiger partial charge in [-0.15, -0.1) is 11.3 Å². The van der Waals surface area contributed by atoms with Gasteiger partial charge in [0.2, 0.25) is 5.13 Å². The molecule has 1 aromatic carbocycles. The van der Waals surface area contributed by atoms with Crippen LogP contribution >= 0.6 is 11.3 Å². The lowest BCUT2D eigenvalue weighted by Gasteiger charge is -2.07. The molecule has 0 radical (unpaired) electrons. The zero-order valence-corrected chi connectivity index (χ0v) is 13.9. The molecule has 0 saturated carbocycles. The number of nitrogens with two attached hydrogens (primary N) is 1. The smallest absolute Gasteiger partial charge is 0.205 e. The van der Waals surface area contributed by atoms with Gasteiger partial charge in [0, 0.05) is 17.6 Å². The van der Waals surface area contributed by atoms with E-state index in [-0.39, 0.29) is 5.82 Å². The minimum atomic E-state index is -0.282. The number of thiazole rings is 1. The maximum Gasteiger partial charge on any atom is 0.205 e. The molecule has 2 rings (SSSR count). The minimum absolute atomic E-state index is 0.282. The number of benzene rings is 1. The molecule has 1 aromatic heterocycles. The largest absolute Gasteiger partial charge is 0.383 e. The second-order valence-corrected chi connectivity index (χ2v) is 5.91. The van der Waals surface area contributed by atoms with Gasteiger partial charge < -0.3 is 10.5 Å². The maximum absolute atomic E-state index is 13.4. The second-order valence-electron chi connectivity index (χ2n) is 5.05. The first-order valence-corrected chi connectivity index (χ1v) is 8.43. The fraction of sp³-hybridized carbons (Fsp3) is 0.375. The first-order chi connectivity index (χ1) is 11.2. The van der Waals surface area contributed by atoms with Crippen molar-refractivity contribution >= 4 is 28.5 Å². The highest BCUT2D eigenvalue weighted by atomic mass is 32.1. The quantitative estimate of drug-likeness (QED) is 0.412. The highest BCUT2D eigenvalue weighted by molar-refractivity contribution is 7.14. The van der Waals surface area contributed by atoms with Gasteiger partial charge in [0.25, 0.3) is 0 Å². The van der Waals surface area contributed by atoms with Gasteiger partial charge in [-0.1, -0.05) is 25.8 Å². The molecule has 124 valence electrons. The van der Waals surface area contributed by atoms with Crippen LogP contribution in [0.15, 0.2) is 28.7 Å². The van der Waals surface area contributed by atoms with Crippen LogP contribution < -0.4 is 11.2 Å². The van der Waals surface area contributed by atoms with Gasteiger partial charge in [-0.2, -0.15) is 5.10 Å². The third kappa shape index (κ3) is 5.96. The van der Waals surface area contributed by atoms with Crippen molar-refractivity contribution < 1.29 is 9.13 Å². The number of hydrogen-bond donors (Lipinski definition) is 2. The Morgan fingerprint density at radius 3 is 3.04 bits per heavy atom. The summed E-state index contributed by atoms with van der Waals surface area (Å²) in [6.07, 6.45) is 4.93. The SMILES string of the molecule is CCCCCOCc1cc(F)ccc1C=NNc1nc(N)cs1. The fourth-order valence-electron chi connectivity index (χ4n) is 1.96. The van der Waals surface area contributed by atoms with Gasteiger partial charge in [0.1, 0.15) is 11.6 Å². The molecule has 0 saturated heterocycles. The highest BCUT2D eigenvalue weighted by Crippen LogP contribution is 2.16. The van der Waals surface area contributed by atoms with Crippen molar-refractivity contribution in [1.29, 1.82) is 0 Å². The average molecular weight is 336 g/mol. The number of unbranched alkanes of at least 4 members (excludes halogenated alkanes) is 2. The Labute approximate surface area is 139 Å². The zero-order chi connectivity index (χ0) is 16.5. The topological polar surface area (TPSA) is 72.5 Å². The van der Waals surface area contributed by atoms with Gasteiger partial charge in [0.05, 0.1) is 12.8 Å². The Hall–Kier alpha value is -1.99. The van der Waals surface area contributed by atoms with Crippen LogP contribution in [0.25, 0.3) is 0 Å². The number of rotatable bonds is 9. The monoisotopic (exact) mass is 336 g/mol. The summed E-state index contributed by atoms with van der Waals surface area (Å²) in [5.41, 5.74) is 9.92. The lowest BCUT2D eigenvalue weighted by Crippen LogP contribution is -2.01. The third-order valence-electron chi connectivity index (χ3n) is 3.14. The van der Waals surface area contributed by atoms with Crippen molar-refractivity contribution in [2.24, 2.45) is 5.10 Å². The number of nitrogens with zero attached hydrogens (tertiary/aromatic N) is 2. The minimum Gasteiger partial charge on any atom is -0.383 e. The Morgan fingerprint density at radius 1 is 1.43 bits per heavy atom. The van der Waals surface area contributed by atoms with Crippen molar-refractivity contribution in [3.05, 3.63) is 40.5 Å². The van der Waals surface area contributed by atoms with Crippen LogP contribution in [0, 0.1) is 5.82 Å². The molecule has 0 amide bonds. The van der Waals surface area contributed by atoms with E-state index >= 15 is 0 Å². The fourth-order valence-corrected chi connectivity index (χ4v) is 2.50. The van der Waals surface area contributed by atoms with Gasteiger partial charge in [-0.3, -0.25) is 5.43 Å². The first-order valence-electron chi connectivity index (χ1n) is 7.55. The van der Waals surface area contributed by atoms with Crippen molar-refractivity contribution in [3.8, 4) is 0 Å². The second kappa shape index (κ2) is 9.22. The summed E-state index contributed by atoms with van der Waals surface area (Å²) in [5, 5.41) is 6.45. The van der Waals surface area contributed by atoms with Crippen LogP contribution in [0.3, 0.4) is 0 Å². The molecule has 1 heterocycles. The van der Waals surface area contributed by atoms with Crippen LogP contribution in [-0.2, 0) is 11.3 Å². The molecule has 0 aliphatic rings. The lowest BCUT2D eigenvalue weighted by molar-refractivity contribution is 0.117. The van der Waals surface area contributed by atoms with Crippen LogP contribution in [0.2, 0.25) is 0 Å². The highest BCUT2D eigenvalue weighted by Gasteiger charge is 2.03. The number of ether oxygens (including phenoxy) is 1. The maximum atomic E-state index is 13.4. The number of hydrogen-bond acceptors (Lipinski definition) is 6. The first kappa shape index (κ1) is 17.4. The molecular weight excluding hydrogens is 315 g/mol. The van der Waals surface area contributed by atoms with E-state index < -0.39 is 0 Å². The van der Waals surface area contributed by atoms with Crippen molar-refractivity contribution in [2.75, 3.05) is 17.8 Å². The Kier molecular flexibility index (Phi) is 6.96. The molecule has 3 N–H and O–H groups in total. The van der Waals surface area contributed by atoms with Crippen LogP contribution in [0.4, 0.5) is 15.3 Å². The number of nitrogen functional groups attached to an aromatic ring is 1. The number of aromatic nitrogens is 1. The third-order valence-corrected chi connectivity index (χ3v) is 3.91. The molecule has 0 bridgehead atoms. The summed E-state index contributed by atoms with van der Waals surface area (Å²) in [6, 6.07) is 4.56. The molecule has 0 atom stereocenters. The molecule has 2 aromatic rings. The number of anilines is 2. The van der Waals surface area contributed by atoms with Gasteiger partial charge in [0.15, 0.2) is 0 Å². The molecule has 0 fully saturated rings. The van der Waals surface area contributed by atoms with Crippen molar-refractivity contribution in [1.82, 2.24) is 4.98 Å². The Balaban J connectivity index is 1.94. The molecule has 5 nitrogen and oxygen atoms in total. The summed E-state index contributed by atoms with van der Waals surface area (Å²) in [6.45, 7) is 3.19. The van der Waals surface area contributed by atoms with E-state index in [4.69, 9.17) is 10.5 Å². The Bertz CT molecular complexity index is 645. The van der Waals surface area contributed by atoms with Gasteiger partial charge >= 0.3 is 0 Å². The molecule has 0 unspecified atom stereocenters. The predicted octanol–water partition coefficient (Wildman–Crippen LogP) is 4.02. The predicted molar refractivity (Wildman–Crippen MR) is 93.3 cm³/mol. The molecule has 0 aliphatic heterocycles. The van der Waals surface area contributed by atoms with Crippen molar-refractivity contribution in [2.45, 2.75) is 32.8 Å². The Morgan fingerprint density at radius 2 is 2.30 bits per heavy atom. The molecule has 0 spiro atoms. The van der Waals surface area contributed by atoms with Crippen molar-refractivity contribution in [3.63, 3.8) is 0 Å².